The first-order chi connectivity index (χ1) is 14.7. The van der Waals surface area contributed by atoms with Crippen molar-refractivity contribution < 1.29 is 14.2 Å². The molecule has 0 radical (unpaired) electrons. The Hall–Kier alpha value is -2.80. The summed E-state index contributed by atoms with van der Waals surface area (Å²) in [6.45, 7) is 3.97. The first-order valence-electron chi connectivity index (χ1n) is 10.5. The minimum Gasteiger partial charge on any atom is -0.490 e. The van der Waals surface area contributed by atoms with Crippen LogP contribution in [0.2, 0.25) is 0 Å². The van der Waals surface area contributed by atoms with Gasteiger partial charge >= 0.3 is 0 Å². The predicted octanol–water partition coefficient (Wildman–Crippen LogP) is 2.97. The summed E-state index contributed by atoms with van der Waals surface area (Å²) in [5.74, 6) is 3.06. The topological polar surface area (TPSA) is 68.2 Å². The molecule has 0 aliphatic heterocycles. The lowest BCUT2D eigenvalue weighted by Gasteiger charge is -2.22. The fourth-order valence-electron chi connectivity index (χ4n) is 2.83. The molecule has 2 aromatic rings. The van der Waals surface area contributed by atoms with E-state index in [9.17, 15) is 0 Å². The van der Waals surface area contributed by atoms with Gasteiger partial charge in [0.15, 0.2) is 5.96 Å². The SMILES string of the molecule is CN=C(NCc1ccc(OCCOc2ccccc2)nc1)N(C)CCOCC1CC1. The molecule has 0 bridgehead atoms. The van der Waals surface area contributed by atoms with Crippen LogP contribution in [0, 0.1) is 5.92 Å². The molecule has 3 rings (SSSR count). The van der Waals surface area contributed by atoms with Crippen molar-refractivity contribution in [1.82, 2.24) is 15.2 Å². The molecule has 0 spiro atoms. The van der Waals surface area contributed by atoms with Gasteiger partial charge in [0, 0.05) is 46.1 Å². The predicted molar refractivity (Wildman–Crippen MR) is 118 cm³/mol. The number of nitrogens with one attached hydrogen (secondary N) is 1. The molecule has 0 saturated heterocycles. The van der Waals surface area contributed by atoms with Crippen molar-refractivity contribution in [2.75, 3.05) is 47.1 Å². The molecule has 0 atom stereocenters. The number of pyridine rings is 1. The first-order valence-corrected chi connectivity index (χ1v) is 10.5. The number of guanidine groups is 1. The van der Waals surface area contributed by atoms with Gasteiger partial charge in [-0.05, 0) is 36.5 Å². The van der Waals surface area contributed by atoms with Crippen molar-refractivity contribution in [2.45, 2.75) is 19.4 Å². The molecule has 0 amide bonds. The molecule has 0 unspecified atom stereocenters. The zero-order chi connectivity index (χ0) is 21.0. The van der Waals surface area contributed by atoms with Crippen LogP contribution in [0.15, 0.2) is 53.7 Å². The van der Waals surface area contributed by atoms with Gasteiger partial charge in [0.25, 0.3) is 0 Å². The third kappa shape index (κ3) is 7.91. The van der Waals surface area contributed by atoms with Crippen LogP contribution < -0.4 is 14.8 Å². The van der Waals surface area contributed by atoms with E-state index in [1.807, 2.05) is 55.7 Å². The van der Waals surface area contributed by atoms with Crippen molar-refractivity contribution in [3.63, 3.8) is 0 Å². The molecule has 1 saturated carbocycles. The Bertz CT molecular complexity index is 764. The molecule has 162 valence electrons. The van der Waals surface area contributed by atoms with Crippen LogP contribution in [-0.2, 0) is 11.3 Å². The standard InChI is InChI=1S/C23H32N4O3/c1-24-23(27(2)12-13-28-18-19-8-9-19)26-17-20-10-11-22(25-16-20)30-15-14-29-21-6-4-3-5-7-21/h3-7,10-11,16,19H,8-9,12-15,17-18H2,1-2H3,(H,24,26). The quantitative estimate of drug-likeness (QED) is 0.328. The van der Waals surface area contributed by atoms with E-state index in [0.29, 0.717) is 25.6 Å². The molecule has 1 N–H and O–H groups in total. The van der Waals surface area contributed by atoms with Crippen LogP contribution in [0.4, 0.5) is 0 Å². The maximum atomic E-state index is 5.71. The maximum Gasteiger partial charge on any atom is 0.213 e. The third-order valence-electron chi connectivity index (χ3n) is 4.79. The zero-order valence-electron chi connectivity index (χ0n) is 17.9. The molecule has 30 heavy (non-hydrogen) atoms. The molecule has 1 aliphatic carbocycles. The number of hydrogen-bond acceptors (Lipinski definition) is 5. The lowest BCUT2D eigenvalue weighted by atomic mass is 10.3. The number of ether oxygens (including phenoxy) is 3. The Kier molecular flexibility index (Phi) is 8.78. The van der Waals surface area contributed by atoms with Crippen molar-refractivity contribution in [3.8, 4) is 11.6 Å². The van der Waals surface area contributed by atoms with Crippen molar-refractivity contribution in [1.29, 1.82) is 0 Å². The summed E-state index contributed by atoms with van der Waals surface area (Å²) < 4.78 is 17.0. The van der Waals surface area contributed by atoms with E-state index in [4.69, 9.17) is 14.2 Å². The van der Waals surface area contributed by atoms with Gasteiger partial charge in [-0.25, -0.2) is 4.98 Å². The van der Waals surface area contributed by atoms with Gasteiger partial charge in [0.2, 0.25) is 5.88 Å². The summed E-state index contributed by atoms with van der Waals surface area (Å²) in [5, 5.41) is 3.36. The zero-order valence-corrected chi connectivity index (χ0v) is 17.9. The highest BCUT2D eigenvalue weighted by molar-refractivity contribution is 5.79. The summed E-state index contributed by atoms with van der Waals surface area (Å²) in [6, 6.07) is 13.6. The average molecular weight is 413 g/mol. The first kappa shape index (κ1) is 21.9. The van der Waals surface area contributed by atoms with E-state index >= 15 is 0 Å². The van der Waals surface area contributed by atoms with Gasteiger partial charge in [-0.3, -0.25) is 4.99 Å². The van der Waals surface area contributed by atoms with Crippen molar-refractivity contribution >= 4 is 5.96 Å². The van der Waals surface area contributed by atoms with Crippen LogP contribution in [0.1, 0.15) is 18.4 Å². The smallest absolute Gasteiger partial charge is 0.213 e. The van der Waals surface area contributed by atoms with E-state index in [2.05, 4.69) is 20.2 Å². The lowest BCUT2D eigenvalue weighted by molar-refractivity contribution is 0.115. The van der Waals surface area contributed by atoms with E-state index < -0.39 is 0 Å². The fraction of sp³-hybridized carbons (Fsp3) is 0.478. The summed E-state index contributed by atoms with van der Waals surface area (Å²) >= 11 is 0. The van der Waals surface area contributed by atoms with Gasteiger partial charge in [-0.1, -0.05) is 24.3 Å². The van der Waals surface area contributed by atoms with E-state index in [1.54, 1.807) is 7.05 Å². The number of para-hydroxylation sites is 1. The Balaban J connectivity index is 1.32. The van der Waals surface area contributed by atoms with Gasteiger partial charge in [0.1, 0.15) is 19.0 Å². The number of rotatable bonds is 12. The second-order valence-electron chi connectivity index (χ2n) is 7.36. The average Bonchev–Trinajstić information content (AvgIpc) is 3.61. The molecule has 1 fully saturated rings. The van der Waals surface area contributed by atoms with Crippen LogP contribution in [0.25, 0.3) is 0 Å². The number of hydrogen-bond donors (Lipinski definition) is 1. The van der Waals surface area contributed by atoms with Gasteiger partial charge in [0.05, 0.1) is 6.61 Å². The van der Waals surface area contributed by atoms with E-state index in [-0.39, 0.29) is 0 Å². The van der Waals surface area contributed by atoms with Crippen LogP contribution in [0.5, 0.6) is 11.6 Å². The molecule has 1 aliphatic rings. The molecule has 7 nitrogen and oxygen atoms in total. The third-order valence-corrected chi connectivity index (χ3v) is 4.79. The number of aliphatic imine (C=N–C) groups is 1. The van der Waals surface area contributed by atoms with E-state index in [0.717, 1.165) is 42.9 Å². The minimum absolute atomic E-state index is 0.444. The highest BCUT2D eigenvalue weighted by Gasteiger charge is 2.21. The normalized spacial score (nSPS) is 13.7. The monoisotopic (exact) mass is 412 g/mol. The highest BCUT2D eigenvalue weighted by atomic mass is 16.5. The molecule has 7 heteroatoms. The molecule has 1 aromatic carbocycles. The van der Waals surface area contributed by atoms with Gasteiger partial charge < -0.3 is 24.4 Å². The van der Waals surface area contributed by atoms with Crippen LogP contribution in [-0.4, -0.2) is 62.9 Å². The molecular formula is C23H32N4O3. The Labute approximate surface area is 179 Å². The molecular weight excluding hydrogens is 380 g/mol. The number of likely N-dealkylation sites (N-methyl/N-ethyl adjacent to an activating group) is 1. The number of nitrogens with zero attached hydrogens (tertiary/aromatic N) is 3. The number of aromatic nitrogens is 1. The largest absolute Gasteiger partial charge is 0.490 e. The van der Waals surface area contributed by atoms with Crippen LogP contribution in [0.3, 0.4) is 0 Å². The highest BCUT2D eigenvalue weighted by Crippen LogP contribution is 2.28. The van der Waals surface area contributed by atoms with Crippen molar-refractivity contribution in [3.05, 3.63) is 54.2 Å². The second-order valence-corrected chi connectivity index (χ2v) is 7.36. The Morgan fingerprint density at radius 3 is 2.60 bits per heavy atom. The summed E-state index contributed by atoms with van der Waals surface area (Å²) in [4.78, 5) is 10.8. The van der Waals surface area contributed by atoms with Crippen molar-refractivity contribution in [2.24, 2.45) is 10.9 Å². The molecule has 1 aromatic heterocycles. The molecule has 1 heterocycles. The van der Waals surface area contributed by atoms with Gasteiger partial charge in [-0.15, -0.1) is 0 Å². The minimum atomic E-state index is 0.444. The maximum absolute atomic E-state index is 5.71. The summed E-state index contributed by atoms with van der Waals surface area (Å²) in [7, 11) is 3.80. The second kappa shape index (κ2) is 12.0. The fourth-order valence-corrected chi connectivity index (χ4v) is 2.83. The van der Waals surface area contributed by atoms with Crippen LogP contribution >= 0.6 is 0 Å². The Morgan fingerprint density at radius 2 is 1.90 bits per heavy atom. The Morgan fingerprint density at radius 1 is 1.10 bits per heavy atom. The van der Waals surface area contributed by atoms with E-state index in [1.165, 1.54) is 12.8 Å². The number of benzene rings is 1. The summed E-state index contributed by atoms with van der Waals surface area (Å²) in [6.07, 6.45) is 4.45. The van der Waals surface area contributed by atoms with Gasteiger partial charge in [-0.2, -0.15) is 0 Å². The lowest BCUT2D eigenvalue weighted by Crippen LogP contribution is -2.40. The summed E-state index contributed by atoms with van der Waals surface area (Å²) in [5.41, 5.74) is 1.06.